The van der Waals surface area contributed by atoms with Gasteiger partial charge in [0.05, 0.1) is 45.4 Å². The van der Waals surface area contributed by atoms with E-state index in [1.807, 2.05) is 19.9 Å². The molecule has 0 spiro atoms. The number of rotatable bonds is 6. The van der Waals surface area contributed by atoms with Crippen LogP contribution in [0.1, 0.15) is 38.9 Å². The van der Waals surface area contributed by atoms with E-state index >= 15 is 0 Å². The molecule has 8 nitrogen and oxygen atoms in total. The summed E-state index contributed by atoms with van der Waals surface area (Å²) in [6, 6.07) is 13.4. The Labute approximate surface area is 213 Å². The Bertz CT molecular complexity index is 1580. The third-order valence-corrected chi connectivity index (χ3v) is 6.82. The number of amides is 1. The fourth-order valence-electron chi connectivity index (χ4n) is 4.83. The second kappa shape index (κ2) is 9.20. The van der Waals surface area contributed by atoms with E-state index in [9.17, 15) is 9.59 Å². The molecule has 1 atom stereocenters. The minimum atomic E-state index is -0.814. The lowest BCUT2D eigenvalue weighted by molar-refractivity contribution is 0.0971. The smallest absolute Gasteiger partial charge is 0.295 e. The summed E-state index contributed by atoms with van der Waals surface area (Å²) >= 11 is 0. The third-order valence-electron chi connectivity index (χ3n) is 6.82. The average molecular weight is 502 g/mol. The minimum Gasteiger partial charge on any atom is -0.497 e. The second-order valence-electron chi connectivity index (χ2n) is 8.84. The van der Waals surface area contributed by atoms with Crippen molar-refractivity contribution in [3.8, 4) is 23.0 Å². The van der Waals surface area contributed by atoms with Crippen LogP contribution in [0.4, 0.5) is 5.69 Å². The Balaban J connectivity index is 1.85. The van der Waals surface area contributed by atoms with Gasteiger partial charge in [-0.25, -0.2) is 0 Å². The molecule has 8 heteroatoms. The molecule has 3 aromatic carbocycles. The molecule has 0 fully saturated rings. The third kappa shape index (κ3) is 3.76. The molecule has 0 bridgehead atoms. The molecule has 0 saturated carbocycles. The molecule has 5 rings (SSSR count). The van der Waals surface area contributed by atoms with Crippen LogP contribution in [0.3, 0.4) is 0 Å². The summed E-state index contributed by atoms with van der Waals surface area (Å²) in [7, 11) is 6.10. The van der Waals surface area contributed by atoms with Crippen molar-refractivity contribution in [1.82, 2.24) is 0 Å². The first-order valence-corrected chi connectivity index (χ1v) is 11.7. The molecular formula is C29H27NO7. The highest BCUT2D eigenvalue weighted by Crippen LogP contribution is 2.46. The Kier molecular flexibility index (Phi) is 6.03. The van der Waals surface area contributed by atoms with Crippen molar-refractivity contribution in [2.24, 2.45) is 0 Å². The highest BCUT2D eigenvalue weighted by atomic mass is 16.5. The van der Waals surface area contributed by atoms with Gasteiger partial charge in [-0.1, -0.05) is 6.07 Å². The molecule has 190 valence electrons. The van der Waals surface area contributed by atoms with Crippen LogP contribution in [0, 0.1) is 13.8 Å². The van der Waals surface area contributed by atoms with Gasteiger partial charge in [0, 0.05) is 11.8 Å². The molecule has 2 heterocycles. The Morgan fingerprint density at radius 3 is 2.11 bits per heavy atom. The molecule has 0 N–H and O–H groups in total. The normalized spacial score (nSPS) is 14.6. The standard InChI is InChI=1S/C29H27NO7/c1-15-10-20-21(11-16(15)2)37-28-24(26(20)31)25(17-12-22(34-4)27(36-6)23(13-17)35-5)30(29(28)32)18-8-7-9-19(14-18)33-3/h7-14,25H,1-6H3. The topological polar surface area (TPSA) is 87.4 Å². The monoisotopic (exact) mass is 501 g/mol. The number of anilines is 1. The maximum Gasteiger partial charge on any atom is 0.295 e. The van der Waals surface area contributed by atoms with Gasteiger partial charge in [0.2, 0.25) is 11.5 Å². The number of carbonyl (C=O) groups excluding carboxylic acids is 1. The molecule has 1 aliphatic rings. The van der Waals surface area contributed by atoms with E-state index in [2.05, 4.69) is 0 Å². The minimum absolute atomic E-state index is 0.00215. The summed E-state index contributed by atoms with van der Waals surface area (Å²) in [6.07, 6.45) is 0. The lowest BCUT2D eigenvalue weighted by Gasteiger charge is -2.26. The van der Waals surface area contributed by atoms with Crippen LogP contribution in [0.5, 0.6) is 23.0 Å². The molecular weight excluding hydrogens is 474 g/mol. The number of hydrogen-bond donors (Lipinski definition) is 0. The van der Waals surface area contributed by atoms with Crippen LogP contribution < -0.4 is 29.3 Å². The van der Waals surface area contributed by atoms with Crippen molar-refractivity contribution >= 4 is 22.6 Å². The first kappa shape index (κ1) is 24.2. The van der Waals surface area contributed by atoms with Crippen LogP contribution in [0.25, 0.3) is 11.0 Å². The van der Waals surface area contributed by atoms with Crippen LogP contribution in [0.15, 0.2) is 57.7 Å². The molecule has 0 aliphatic carbocycles. The Morgan fingerprint density at radius 1 is 0.811 bits per heavy atom. The number of benzene rings is 3. The zero-order chi connectivity index (χ0) is 26.4. The van der Waals surface area contributed by atoms with Gasteiger partial charge in [0.15, 0.2) is 16.9 Å². The number of methoxy groups -OCH3 is 4. The van der Waals surface area contributed by atoms with Crippen molar-refractivity contribution in [3.05, 3.63) is 86.8 Å². The van der Waals surface area contributed by atoms with Crippen LogP contribution >= 0.6 is 0 Å². The largest absolute Gasteiger partial charge is 0.497 e. The highest BCUT2D eigenvalue weighted by Gasteiger charge is 2.44. The lowest BCUT2D eigenvalue weighted by atomic mass is 9.96. The molecule has 1 unspecified atom stereocenters. The van der Waals surface area contributed by atoms with Gasteiger partial charge in [-0.3, -0.25) is 14.5 Å². The van der Waals surface area contributed by atoms with E-state index in [-0.39, 0.29) is 16.8 Å². The quantitative estimate of drug-likeness (QED) is 0.359. The highest BCUT2D eigenvalue weighted by molar-refractivity contribution is 6.10. The van der Waals surface area contributed by atoms with Crippen LogP contribution in [-0.2, 0) is 0 Å². The van der Waals surface area contributed by atoms with Crippen LogP contribution in [-0.4, -0.2) is 34.3 Å². The number of aryl methyl sites for hydroxylation is 2. The number of ether oxygens (including phenoxy) is 4. The number of fused-ring (bicyclic) bond motifs is 2. The first-order valence-electron chi connectivity index (χ1n) is 11.7. The van der Waals surface area contributed by atoms with Crippen molar-refractivity contribution in [1.29, 1.82) is 0 Å². The molecule has 0 radical (unpaired) electrons. The summed E-state index contributed by atoms with van der Waals surface area (Å²) < 4.78 is 28.2. The number of hydrogen-bond acceptors (Lipinski definition) is 7. The van der Waals surface area contributed by atoms with E-state index in [1.165, 1.54) is 26.2 Å². The Morgan fingerprint density at radius 2 is 1.49 bits per heavy atom. The van der Waals surface area contributed by atoms with Crippen molar-refractivity contribution in [2.45, 2.75) is 19.9 Å². The van der Waals surface area contributed by atoms with Gasteiger partial charge in [-0.2, -0.15) is 0 Å². The SMILES string of the molecule is COc1cccc(N2C(=O)c3oc4cc(C)c(C)cc4c(=O)c3C2c2cc(OC)c(OC)c(OC)c2)c1. The first-order chi connectivity index (χ1) is 17.8. The fourth-order valence-corrected chi connectivity index (χ4v) is 4.83. The zero-order valence-electron chi connectivity index (χ0n) is 21.5. The summed E-state index contributed by atoms with van der Waals surface area (Å²) in [6.45, 7) is 3.87. The van der Waals surface area contributed by atoms with E-state index in [4.69, 9.17) is 23.4 Å². The molecule has 37 heavy (non-hydrogen) atoms. The molecule has 1 aromatic heterocycles. The summed E-state index contributed by atoms with van der Waals surface area (Å²) in [4.78, 5) is 29.5. The predicted molar refractivity (Wildman–Crippen MR) is 140 cm³/mol. The lowest BCUT2D eigenvalue weighted by Crippen LogP contribution is -2.29. The molecule has 1 aliphatic heterocycles. The zero-order valence-corrected chi connectivity index (χ0v) is 21.5. The van der Waals surface area contributed by atoms with Crippen molar-refractivity contribution < 1.29 is 28.2 Å². The number of nitrogens with zero attached hydrogens (tertiary/aromatic N) is 1. The van der Waals surface area contributed by atoms with Gasteiger partial charge in [0.1, 0.15) is 11.3 Å². The maximum absolute atomic E-state index is 14.0. The van der Waals surface area contributed by atoms with Gasteiger partial charge in [0.25, 0.3) is 5.91 Å². The van der Waals surface area contributed by atoms with Crippen LogP contribution in [0.2, 0.25) is 0 Å². The van der Waals surface area contributed by atoms with E-state index in [0.717, 1.165) is 11.1 Å². The van der Waals surface area contributed by atoms with E-state index < -0.39 is 11.9 Å². The second-order valence-corrected chi connectivity index (χ2v) is 8.84. The molecule has 0 saturated heterocycles. The van der Waals surface area contributed by atoms with E-state index in [0.29, 0.717) is 45.2 Å². The van der Waals surface area contributed by atoms with Gasteiger partial charge >= 0.3 is 0 Å². The Hall–Kier alpha value is -4.46. The number of carbonyl (C=O) groups is 1. The van der Waals surface area contributed by atoms with Crippen molar-refractivity contribution in [3.63, 3.8) is 0 Å². The fraction of sp³-hybridized carbons (Fsp3) is 0.241. The maximum atomic E-state index is 14.0. The molecule has 4 aromatic rings. The van der Waals surface area contributed by atoms with Gasteiger partial charge in [-0.15, -0.1) is 0 Å². The summed E-state index contributed by atoms with van der Waals surface area (Å²) in [5, 5.41) is 0.416. The average Bonchev–Trinajstić information content (AvgIpc) is 3.21. The van der Waals surface area contributed by atoms with Gasteiger partial charge < -0.3 is 23.4 Å². The van der Waals surface area contributed by atoms with Crippen molar-refractivity contribution in [2.75, 3.05) is 33.3 Å². The summed E-state index contributed by atoms with van der Waals surface area (Å²) in [5.74, 6) is 1.35. The van der Waals surface area contributed by atoms with Gasteiger partial charge in [-0.05, 0) is 66.9 Å². The predicted octanol–water partition coefficient (Wildman–Crippen LogP) is 5.19. The molecule has 1 amide bonds. The summed E-state index contributed by atoms with van der Waals surface area (Å²) in [5.41, 5.74) is 3.42. The van der Waals surface area contributed by atoms with E-state index in [1.54, 1.807) is 49.6 Å².